The van der Waals surface area contributed by atoms with Crippen molar-refractivity contribution in [2.45, 2.75) is 25.3 Å². The first-order valence-corrected chi connectivity index (χ1v) is 16.8. The van der Waals surface area contributed by atoms with E-state index in [0.717, 1.165) is 16.8 Å². The van der Waals surface area contributed by atoms with Crippen molar-refractivity contribution in [3.63, 3.8) is 0 Å². The van der Waals surface area contributed by atoms with Crippen LogP contribution in [0.2, 0.25) is 0 Å². The Hall–Kier alpha value is -5.70. The Morgan fingerprint density at radius 1 is 0.583 bits per heavy atom. The largest absolute Gasteiger partial charge is 0.321 e. The molecular formula is C46H36N2. The lowest BCUT2D eigenvalue weighted by atomic mass is 9.81. The number of nitrogens with two attached hydrogens (primary N) is 1. The van der Waals surface area contributed by atoms with Crippen molar-refractivity contribution in [3.05, 3.63) is 180 Å². The van der Waals surface area contributed by atoms with Gasteiger partial charge in [0.25, 0.3) is 0 Å². The lowest BCUT2D eigenvalue weighted by Gasteiger charge is -2.22. The van der Waals surface area contributed by atoms with Crippen LogP contribution < -0.4 is 5.73 Å². The van der Waals surface area contributed by atoms with E-state index in [4.69, 9.17) is 5.73 Å². The van der Waals surface area contributed by atoms with E-state index in [0.29, 0.717) is 0 Å². The van der Waals surface area contributed by atoms with E-state index < -0.39 is 0 Å². The molecule has 1 aromatic heterocycles. The predicted octanol–water partition coefficient (Wildman–Crippen LogP) is 11.6. The Labute approximate surface area is 281 Å². The summed E-state index contributed by atoms with van der Waals surface area (Å²) >= 11 is 0. The third-order valence-electron chi connectivity index (χ3n) is 10.4. The molecule has 0 aliphatic heterocycles. The Balaban J connectivity index is 1.07. The van der Waals surface area contributed by atoms with Gasteiger partial charge in [0.1, 0.15) is 0 Å². The van der Waals surface area contributed by atoms with Gasteiger partial charge >= 0.3 is 0 Å². The van der Waals surface area contributed by atoms with Crippen LogP contribution in [-0.2, 0) is 5.41 Å². The first-order chi connectivity index (χ1) is 23.5. The molecule has 8 aromatic rings. The van der Waals surface area contributed by atoms with Gasteiger partial charge in [-0.1, -0.05) is 129 Å². The summed E-state index contributed by atoms with van der Waals surface area (Å²) in [6.45, 7) is 4.71. The topological polar surface area (TPSA) is 30.9 Å². The SMILES string of the molecule is CC1(C)c2cc3ccccc3cc2-c2c(-c3cccc(/C=C/C(N)c4ccc5c(c4)c4ccccc4n5-c4ccccc4)c3)cccc21. The summed E-state index contributed by atoms with van der Waals surface area (Å²) in [5.74, 6) is 0. The molecule has 0 bridgehead atoms. The summed E-state index contributed by atoms with van der Waals surface area (Å²) < 4.78 is 2.34. The highest BCUT2D eigenvalue weighted by atomic mass is 15.0. The van der Waals surface area contributed by atoms with Crippen molar-refractivity contribution in [2.75, 3.05) is 0 Å². The van der Waals surface area contributed by atoms with Crippen molar-refractivity contribution in [1.29, 1.82) is 0 Å². The summed E-state index contributed by atoms with van der Waals surface area (Å²) in [5.41, 5.74) is 20.5. The molecule has 2 heteroatoms. The summed E-state index contributed by atoms with van der Waals surface area (Å²) in [7, 11) is 0. The third kappa shape index (κ3) is 4.45. The Morgan fingerprint density at radius 2 is 1.31 bits per heavy atom. The minimum absolute atomic E-state index is 0.0660. The molecule has 9 rings (SSSR count). The Kier molecular flexibility index (Phi) is 6.50. The maximum absolute atomic E-state index is 6.85. The molecule has 2 nitrogen and oxygen atoms in total. The zero-order valence-corrected chi connectivity index (χ0v) is 27.2. The summed E-state index contributed by atoms with van der Waals surface area (Å²) in [5, 5.41) is 5.02. The molecule has 48 heavy (non-hydrogen) atoms. The van der Waals surface area contributed by atoms with Crippen molar-refractivity contribution >= 4 is 38.7 Å². The summed E-state index contributed by atoms with van der Waals surface area (Å²) in [4.78, 5) is 0. The average molecular weight is 617 g/mol. The molecular weight excluding hydrogens is 581 g/mol. The van der Waals surface area contributed by atoms with Gasteiger partial charge in [-0.2, -0.15) is 0 Å². The highest BCUT2D eigenvalue weighted by Gasteiger charge is 2.37. The standard InChI is InChI=1S/C46H36N2/c1-46(2)40-20-11-19-36(45(40)39-27-31-13-6-7-14-32(31)29-41(39)46)33-15-10-12-30(26-33)22-24-42(47)34-23-25-44-38(28-34)37-18-8-9-21-43(37)48(44)35-16-4-3-5-17-35/h3-29,42H,47H2,1-2H3/b24-22+. The van der Waals surface area contributed by atoms with Crippen LogP contribution in [0.15, 0.2) is 158 Å². The van der Waals surface area contributed by atoms with Gasteiger partial charge < -0.3 is 10.3 Å². The number of rotatable bonds is 5. The molecule has 0 radical (unpaired) electrons. The van der Waals surface area contributed by atoms with Gasteiger partial charge in [0.05, 0.1) is 11.0 Å². The van der Waals surface area contributed by atoms with E-state index in [1.807, 2.05) is 0 Å². The van der Waals surface area contributed by atoms with Crippen molar-refractivity contribution < 1.29 is 0 Å². The first kappa shape index (κ1) is 28.5. The van der Waals surface area contributed by atoms with Gasteiger partial charge in [0, 0.05) is 27.9 Å². The normalized spacial score (nSPS) is 14.1. The molecule has 1 aliphatic rings. The Bertz CT molecular complexity index is 2550. The molecule has 0 saturated carbocycles. The van der Waals surface area contributed by atoms with Crippen LogP contribution in [0.5, 0.6) is 0 Å². The first-order valence-electron chi connectivity index (χ1n) is 16.8. The van der Waals surface area contributed by atoms with Crippen LogP contribution in [0.25, 0.3) is 66.6 Å². The minimum atomic E-state index is -0.237. The van der Waals surface area contributed by atoms with Crippen LogP contribution in [0.4, 0.5) is 0 Å². The number of hydrogen-bond donors (Lipinski definition) is 1. The second-order valence-electron chi connectivity index (χ2n) is 13.6. The fourth-order valence-corrected chi connectivity index (χ4v) is 7.90. The van der Waals surface area contributed by atoms with Crippen LogP contribution in [-0.4, -0.2) is 4.57 Å². The summed E-state index contributed by atoms with van der Waals surface area (Å²) in [6.07, 6.45) is 4.29. The van der Waals surface area contributed by atoms with Gasteiger partial charge in [0.15, 0.2) is 0 Å². The fourth-order valence-electron chi connectivity index (χ4n) is 7.90. The number of benzene rings is 7. The molecule has 1 unspecified atom stereocenters. The van der Waals surface area contributed by atoms with Gasteiger partial charge in [-0.15, -0.1) is 0 Å². The lowest BCUT2D eigenvalue weighted by Crippen LogP contribution is -2.14. The zero-order valence-electron chi connectivity index (χ0n) is 27.2. The third-order valence-corrected chi connectivity index (χ3v) is 10.4. The van der Waals surface area contributed by atoms with Gasteiger partial charge in [-0.3, -0.25) is 0 Å². The number of aromatic nitrogens is 1. The highest BCUT2D eigenvalue weighted by molar-refractivity contribution is 6.09. The number of para-hydroxylation sites is 2. The van der Waals surface area contributed by atoms with Crippen molar-refractivity contribution in [3.8, 4) is 27.9 Å². The molecule has 0 saturated heterocycles. The molecule has 0 amide bonds. The lowest BCUT2D eigenvalue weighted by molar-refractivity contribution is 0.661. The molecule has 1 aliphatic carbocycles. The van der Waals surface area contributed by atoms with Gasteiger partial charge in [-0.25, -0.2) is 0 Å². The molecule has 230 valence electrons. The highest BCUT2D eigenvalue weighted by Crippen LogP contribution is 2.53. The smallest absolute Gasteiger partial charge is 0.0541 e. The minimum Gasteiger partial charge on any atom is -0.321 e. The van der Waals surface area contributed by atoms with E-state index in [2.05, 4.69) is 182 Å². The molecule has 0 fully saturated rings. The van der Waals surface area contributed by atoms with Crippen LogP contribution in [0.1, 0.15) is 42.1 Å². The van der Waals surface area contributed by atoms with Gasteiger partial charge in [-0.05, 0) is 104 Å². The summed E-state index contributed by atoms with van der Waals surface area (Å²) in [6, 6.07) is 54.7. The quantitative estimate of drug-likeness (QED) is 0.205. The van der Waals surface area contributed by atoms with E-state index >= 15 is 0 Å². The maximum atomic E-state index is 6.85. The molecule has 7 aromatic carbocycles. The predicted molar refractivity (Wildman–Crippen MR) is 204 cm³/mol. The number of hydrogen-bond acceptors (Lipinski definition) is 1. The monoisotopic (exact) mass is 616 g/mol. The average Bonchev–Trinajstić information content (AvgIpc) is 3.58. The van der Waals surface area contributed by atoms with E-state index in [1.54, 1.807) is 0 Å². The zero-order chi connectivity index (χ0) is 32.4. The van der Waals surface area contributed by atoms with Crippen LogP contribution in [0, 0.1) is 0 Å². The molecule has 1 atom stereocenters. The molecule has 0 spiro atoms. The molecule has 2 N–H and O–H groups in total. The van der Waals surface area contributed by atoms with E-state index in [-0.39, 0.29) is 11.5 Å². The second kappa shape index (κ2) is 10.9. The Morgan fingerprint density at radius 3 is 2.17 bits per heavy atom. The van der Waals surface area contributed by atoms with Crippen LogP contribution >= 0.6 is 0 Å². The maximum Gasteiger partial charge on any atom is 0.0541 e. The second-order valence-corrected chi connectivity index (χ2v) is 13.6. The van der Waals surface area contributed by atoms with Gasteiger partial charge in [0.2, 0.25) is 0 Å². The van der Waals surface area contributed by atoms with Crippen molar-refractivity contribution in [1.82, 2.24) is 4.57 Å². The number of nitrogens with zero attached hydrogens (tertiary/aromatic N) is 1. The van der Waals surface area contributed by atoms with E-state index in [1.165, 1.54) is 66.0 Å². The van der Waals surface area contributed by atoms with E-state index in [9.17, 15) is 0 Å². The number of fused-ring (bicyclic) bond motifs is 7. The van der Waals surface area contributed by atoms with Crippen LogP contribution in [0.3, 0.4) is 0 Å². The van der Waals surface area contributed by atoms with Crippen molar-refractivity contribution in [2.24, 2.45) is 5.73 Å². The fraction of sp³-hybridized carbons (Fsp3) is 0.0870. The molecule has 1 heterocycles.